The fourth-order valence-electron chi connectivity index (χ4n) is 11.6. The average molecular weight is 894 g/mol. The molecule has 0 N–H and O–H groups in total. The van der Waals surface area contributed by atoms with E-state index in [9.17, 15) is 4.39 Å². The normalized spacial score (nSPS) is 15.3. The van der Waals surface area contributed by atoms with Crippen LogP contribution in [0.1, 0.15) is 62.4 Å². The van der Waals surface area contributed by atoms with E-state index in [1.165, 1.54) is 62.0 Å². The average Bonchev–Trinajstić information content (AvgIpc) is 4.02. The quantitative estimate of drug-likeness (QED) is 0.121. The van der Waals surface area contributed by atoms with Crippen molar-refractivity contribution in [2.24, 2.45) is 5.92 Å². The van der Waals surface area contributed by atoms with E-state index >= 15 is 0 Å². The molecule has 12 rings (SSSR count). The molecule has 0 saturated heterocycles. The minimum Gasteiger partial charge on any atom is -0.455 e. The van der Waals surface area contributed by atoms with Crippen LogP contribution in [0, 0.1) is 18.7 Å². The maximum atomic E-state index is 14.2. The third-order valence-electron chi connectivity index (χ3n) is 14.6. The Labute approximate surface area is 393 Å². The number of nitrogens with zero attached hydrogens (tertiary/aromatic N) is 3. The number of aromatic nitrogens is 3. The molecule has 0 saturated carbocycles. The first-order valence-electron chi connectivity index (χ1n) is 23.9. The fraction of sp³-hybridized carbons (Fsp3) is 0.213. The molecule has 2 aliphatic heterocycles. The Bertz CT molecular complexity index is 3680. The van der Waals surface area contributed by atoms with Gasteiger partial charge in [0.25, 0.3) is 0 Å². The molecule has 1 unspecified atom stereocenters. The topological polar surface area (TPSA) is 25.8 Å². The lowest BCUT2D eigenvalue weighted by Crippen LogP contribution is -2.72. The number of fused-ring (bicyclic) bond motifs is 16. The van der Waals surface area contributed by atoms with Gasteiger partial charge >= 0.3 is 11.5 Å². The van der Waals surface area contributed by atoms with Gasteiger partial charge in [0.2, 0.25) is 5.69 Å². The molecule has 0 bridgehead atoms. The summed E-state index contributed by atoms with van der Waals surface area (Å²) in [5, 5.41) is 3.67. The predicted octanol–water partition coefficient (Wildman–Crippen LogP) is 14.2. The van der Waals surface area contributed by atoms with E-state index in [-0.39, 0.29) is 11.2 Å². The molecule has 67 heavy (non-hydrogen) atoms. The van der Waals surface area contributed by atoms with Gasteiger partial charge in [-0.25, -0.2) is 4.39 Å². The summed E-state index contributed by atoms with van der Waals surface area (Å²) in [4.78, 5) is 0. The molecular weight excluding hydrogens is 838 g/mol. The molecule has 7 aromatic carbocycles. The monoisotopic (exact) mass is 893 g/mol. The van der Waals surface area contributed by atoms with Crippen molar-refractivity contribution < 1.29 is 17.9 Å². The van der Waals surface area contributed by atoms with Crippen LogP contribution in [0.25, 0.3) is 83.6 Å². The summed E-state index contributed by atoms with van der Waals surface area (Å²) in [6.45, 7) is 21.3. The van der Waals surface area contributed by atoms with Crippen molar-refractivity contribution in [3.05, 3.63) is 191 Å². The molecule has 1 spiro atoms. The molecule has 330 valence electrons. The number of para-hydroxylation sites is 2. The summed E-state index contributed by atoms with van der Waals surface area (Å²) >= 11 is 0. The van der Waals surface area contributed by atoms with Gasteiger partial charge in [-0.3, -0.25) is 0 Å². The van der Waals surface area contributed by atoms with Crippen LogP contribution in [0.4, 0.5) is 4.39 Å². The zero-order valence-electron chi connectivity index (χ0n) is 39.9. The predicted molar refractivity (Wildman–Crippen MR) is 276 cm³/mol. The summed E-state index contributed by atoms with van der Waals surface area (Å²) in [7, 11) is -1.90. The van der Waals surface area contributed by atoms with Crippen LogP contribution in [-0.4, -0.2) is 12.6 Å². The van der Waals surface area contributed by atoms with Crippen molar-refractivity contribution in [1.29, 1.82) is 0 Å². The highest BCUT2D eigenvalue weighted by molar-refractivity contribution is 6.89. The van der Waals surface area contributed by atoms with E-state index in [0.717, 1.165) is 73.2 Å². The number of imidazole rings is 1. The Kier molecular flexibility index (Phi) is 9.02. The molecule has 4 nitrogen and oxygen atoms in total. The van der Waals surface area contributed by atoms with Gasteiger partial charge in [0, 0.05) is 27.6 Å². The Hall–Kier alpha value is -6.89. The second-order valence-electron chi connectivity index (χ2n) is 21.5. The second-order valence-corrected chi connectivity index (χ2v) is 26.5. The SMILES string of the molecule is Cc1cc2c(c3oc4cc(-c5ccc(F)cc5)ccc4c13)-c1n(-c3ccc(C(C)(C)C)cc3-c3ccccc3)c3ccccc3[n+]1C21c2ccccc2-c2cc(CC(C)C)c([Si](C)(C)C)c[n+]21. The van der Waals surface area contributed by atoms with Crippen LogP contribution in [0.15, 0.2) is 162 Å². The Morgan fingerprint density at radius 1 is 0.716 bits per heavy atom. The van der Waals surface area contributed by atoms with E-state index in [2.05, 4.69) is 208 Å². The highest BCUT2D eigenvalue weighted by Crippen LogP contribution is 2.54. The minimum atomic E-state index is -1.90. The Morgan fingerprint density at radius 2 is 1.43 bits per heavy atom. The number of halogens is 1. The van der Waals surface area contributed by atoms with E-state index in [1.54, 1.807) is 0 Å². The molecule has 0 amide bonds. The summed E-state index contributed by atoms with van der Waals surface area (Å²) in [5.41, 5.74) is 18.4. The Balaban J connectivity index is 1.28. The molecule has 0 aliphatic carbocycles. The summed E-state index contributed by atoms with van der Waals surface area (Å²) in [6, 6.07) is 54.3. The van der Waals surface area contributed by atoms with Crippen molar-refractivity contribution in [3.63, 3.8) is 0 Å². The first-order valence-corrected chi connectivity index (χ1v) is 27.4. The maximum Gasteiger partial charge on any atom is 0.364 e. The number of aryl methyl sites for hydroxylation is 1. The van der Waals surface area contributed by atoms with Crippen molar-refractivity contribution >= 4 is 46.2 Å². The van der Waals surface area contributed by atoms with Gasteiger partial charge in [-0.15, -0.1) is 9.13 Å². The van der Waals surface area contributed by atoms with Crippen LogP contribution in [0.2, 0.25) is 19.6 Å². The van der Waals surface area contributed by atoms with Gasteiger partial charge in [-0.2, -0.15) is 4.57 Å². The van der Waals surface area contributed by atoms with E-state index in [0.29, 0.717) is 5.92 Å². The van der Waals surface area contributed by atoms with E-state index < -0.39 is 13.7 Å². The molecule has 10 aromatic rings. The van der Waals surface area contributed by atoms with Crippen molar-refractivity contribution in [2.45, 2.75) is 78.7 Å². The molecule has 2 aliphatic rings. The van der Waals surface area contributed by atoms with E-state index in [1.807, 2.05) is 12.1 Å². The minimum absolute atomic E-state index is 0.0602. The molecule has 0 fully saturated rings. The van der Waals surface area contributed by atoms with Crippen LogP contribution in [0.3, 0.4) is 0 Å². The summed E-state index contributed by atoms with van der Waals surface area (Å²) in [5.74, 6) is 1.35. The van der Waals surface area contributed by atoms with E-state index in [4.69, 9.17) is 4.42 Å². The lowest BCUT2D eigenvalue weighted by molar-refractivity contribution is -0.944. The Morgan fingerprint density at radius 3 is 2.18 bits per heavy atom. The van der Waals surface area contributed by atoms with Crippen molar-refractivity contribution in [3.8, 4) is 50.6 Å². The highest BCUT2D eigenvalue weighted by atomic mass is 28.3. The number of hydrogen-bond donors (Lipinski definition) is 0. The lowest BCUT2D eigenvalue weighted by Gasteiger charge is -2.24. The zero-order chi connectivity index (χ0) is 46.3. The van der Waals surface area contributed by atoms with Crippen LogP contribution < -0.4 is 14.3 Å². The van der Waals surface area contributed by atoms with Gasteiger partial charge in [-0.05, 0) is 125 Å². The van der Waals surface area contributed by atoms with Gasteiger partial charge in [0.15, 0.2) is 22.8 Å². The smallest absolute Gasteiger partial charge is 0.364 e. The molecule has 6 heteroatoms. The molecular formula is C61H56FN3OSi+2. The lowest BCUT2D eigenvalue weighted by atomic mass is 9.85. The third-order valence-corrected chi connectivity index (χ3v) is 16.6. The molecule has 5 heterocycles. The fourth-order valence-corrected chi connectivity index (χ4v) is 13.2. The summed E-state index contributed by atoms with van der Waals surface area (Å²) in [6.07, 6.45) is 3.60. The van der Waals surface area contributed by atoms with Crippen LogP contribution in [-0.2, 0) is 17.5 Å². The van der Waals surface area contributed by atoms with Gasteiger partial charge in [0.1, 0.15) is 22.7 Å². The van der Waals surface area contributed by atoms with Gasteiger partial charge < -0.3 is 4.42 Å². The third kappa shape index (κ3) is 6.01. The van der Waals surface area contributed by atoms with Gasteiger partial charge in [-0.1, -0.05) is 133 Å². The van der Waals surface area contributed by atoms with Crippen molar-refractivity contribution in [2.75, 3.05) is 0 Å². The number of pyridine rings is 1. The zero-order valence-corrected chi connectivity index (χ0v) is 40.9. The number of furan rings is 1. The first kappa shape index (κ1) is 41.5. The van der Waals surface area contributed by atoms with Crippen LogP contribution >= 0.6 is 0 Å². The highest BCUT2D eigenvalue weighted by Gasteiger charge is 2.67. The second kappa shape index (κ2) is 14.6. The largest absolute Gasteiger partial charge is 0.455 e. The molecule has 0 radical (unpaired) electrons. The van der Waals surface area contributed by atoms with Crippen molar-refractivity contribution in [1.82, 2.24) is 4.57 Å². The number of hydrogen-bond acceptors (Lipinski definition) is 1. The van der Waals surface area contributed by atoms with Crippen LogP contribution in [0.5, 0.6) is 0 Å². The summed E-state index contributed by atoms with van der Waals surface area (Å²) < 4.78 is 29.4. The standard InChI is InChI=1S/C61H56FN3OSi/c1-37(2)31-42-33-53-45-19-13-14-20-48(45)61(63(53)36-55(42)67(7,8)9)49-32-38(3)56-46-29-25-41(39-23-27-44(62)28-24-39)34-54(46)66-58(56)57(49)59-64(51-21-15-16-22-52(51)65(59)61)50-30-26-43(60(4,5)6)35-47(50)40-17-11-10-12-18-40/h10-30,32-37H,31H2,1-9H3/q+2. The first-order chi connectivity index (χ1) is 32.1. The van der Waals surface area contributed by atoms with Gasteiger partial charge in [0.05, 0.1) is 24.8 Å². The number of benzene rings is 7. The number of rotatable bonds is 6. The molecule has 1 atom stereocenters. The molecule has 3 aromatic heterocycles. The maximum absolute atomic E-state index is 14.2.